The second-order valence-corrected chi connectivity index (χ2v) is 4.39. The Balaban J connectivity index is 2.31. The summed E-state index contributed by atoms with van der Waals surface area (Å²) in [6.07, 6.45) is 1.29. The van der Waals surface area contributed by atoms with Crippen LogP contribution < -0.4 is 9.64 Å². The third kappa shape index (κ3) is 2.70. The van der Waals surface area contributed by atoms with E-state index in [0.29, 0.717) is 12.3 Å². The van der Waals surface area contributed by atoms with Crippen LogP contribution in [0.1, 0.15) is 12.8 Å². The van der Waals surface area contributed by atoms with E-state index < -0.39 is 4.92 Å². The summed E-state index contributed by atoms with van der Waals surface area (Å²) in [4.78, 5) is 12.4. The maximum atomic E-state index is 10.9. The second kappa shape index (κ2) is 5.22. The fourth-order valence-electron chi connectivity index (χ4n) is 2.16. The first-order valence-corrected chi connectivity index (χ1v) is 5.86. The molecule has 2 rings (SSSR count). The summed E-state index contributed by atoms with van der Waals surface area (Å²) >= 11 is 0. The molecule has 0 unspecified atom stereocenters. The predicted molar refractivity (Wildman–Crippen MR) is 67.1 cm³/mol. The van der Waals surface area contributed by atoms with E-state index in [4.69, 9.17) is 4.74 Å². The highest BCUT2D eigenvalue weighted by Crippen LogP contribution is 2.29. The lowest BCUT2D eigenvalue weighted by atomic mass is 10.1. The van der Waals surface area contributed by atoms with Gasteiger partial charge in [-0.2, -0.15) is 0 Å². The van der Waals surface area contributed by atoms with Crippen LogP contribution >= 0.6 is 0 Å². The van der Waals surface area contributed by atoms with E-state index >= 15 is 0 Å². The predicted octanol–water partition coefficient (Wildman–Crippen LogP) is 1.56. The maximum absolute atomic E-state index is 10.9. The Hall–Kier alpha value is -1.82. The molecule has 6 nitrogen and oxygen atoms in total. The highest BCUT2D eigenvalue weighted by Gasteiger charge is 2.20. The SMILES string of the molecule is COc1cc(N2CCC[C@H](O)C2)cc([N+](=O)[O-])c1. The van der Waals surface area contributed by atoms with Crippen LogP contribution in [0.4, 0.5) is 11.4 Å². The molecule has 0 aliphatic carbocycles. The summed E-state index contributed by atoms with van der Waals surface area (Å²) in [5, 5.41) is 20.5. The van der Waals surface area contributed by atoms with Gasteiger partial charge in [-0.1, -0.05) is 0 Å². The van der Waals surface area contributed by atoms with Gasteiger partial charge in [0.25, 0.3) is 5.69 Å². The highest BCUT2D eigenvalue weighted by atomic mass is 16.6. The molecule has 0 spiro atoms. The number of nitrogens with zero attached hydrogens (tertiary/aromatic N) is 2. The molecule has 0 amide bonds. The van der Waals surface area contributed by atoms with Gasteiger partial charge in [-0.05, 0) is 12.8 Å². The summed E-state index contributed by atoms with van der Waals surface area (Å²) in [5.74, 6) is 0.458. The van der Waals surface area contributed by atoms with Crippen molar-refractivity contribution in [2.24, 2.45) is 0 Å². The van der Waals surface area contributed by atoms with Crippen molar-refractivity contribution in [2.75, 3.05) is 25.1 Å². The Kier molecular flexibility index (Phi) is 3.66. The minimum atomic E-state index is -0.438. The van der Waals surface area contributed by atoms with Gasteiger partial charge in [0.15, 0.2) is 0 Å². The van der Waals surface area contributed by atoms with Crippen LogP contribution in [0.15, 0.2) is 18.2 Å². The molecule has 18 heavy (non-hydrogen) atoms. The Morgan fingerprint density at radius 3 is 2.89 bits per heavy atom. The summed E-state index contributed by atoms with van der Waals surface area (Å²) < 4.78 is 5.07. The Labute approximate surface area is 105 Å². The van der Waals surface area contributed by atoms with E-state index in [1.54, 1.807) is 6.07 Å². The number of anilines is 1. The smallest absolute Gasteiger partial charge is 0.275 e. The molecular weight excluding hydrogens is 236 g/mol. The molecule has 1 aliphatic rings. The van der Waals surface area contributed by atoms with Crippen LogP contribution in [-0.4, -0.2) is 36.3 Å². The monoisotopic (exact) mass is 252 g/mol. The van der Waals surface area contributed by atoms with Gasteiger partial charge in [-0.25, -0.2) is 0 Å². The Bertz CT molecular complexity index is 450. The Morgan fingerprint density at radius 1 is 1.50 bits per heavy atom. The lowest BCUT2D eigenvalue weighted by Crippen LogP contribution is -2.38. The van der Waals surface area contributed by atoms with Crippen molar-refractivity contribution in [3.8, 4) is 5.75 Å². The number of ether oxygens (including phenoxy) is 1. The van der Waals surface area contributed by atoms with Gasteiger partial charge in [-0.15, -0.1) is 0 Å². The molecule has 0 bridgehead atoms. The fraction of sp³-hybridized carbons (Fsp3) is 0.500. The lowest BCUT2D eigenvalue weighted by molar-refractivity contribution is -0.384. The van der Waals surface area contributed by atoms with Gasteiger partial charge in [-0.3, -0.25) is 10.1 Å². The number of hydrogen-bond donors (Lipinski definition) is 1. The van der Waals surface area contributed by atoms with Gasteiger partial charge >= 0.3 is 0 Å². The third-order valence-electron chi connectivity index (χ3n) is 3.08. The van der Waals surface area contributed by atoms with Crippen molar-refractivity contribution < 1.29 is 14.8 Å². The summed E-state index contributed by atoms with van der Waals surface area (Å²) in [5.41, 5.74) is 0.726. The molecule has 0 radical (unpaired) electrons. The van der Waals surface area contributed by atoms with Gasteiger partial charge in [0.2, 0.25) is 0 Å². The number of aliphatic hydroxyl groups excluding tert-OH is 1. The number of non-ortho nitro benzene ring substituents is 1. The van der Waals surface area contributed by atoms with E-state index in [9.17, 15) is 15.2 Å². The minimum absolute atomic E-state index is 0.00409. The first-order chi connectivity index (χ1) is 8.60. The molecule has 1 saturated heterocycles. The third-order valence-corrected chi connectivity index (χ3v) is 3.08. The molecule has 1 heterocycles. The fourth-order valence-corrected chi connectivity index (χ4v) is 2.16. The van der Waals surface area contributed by atoms with Crippen LogP contribution in [0.25, 0.3) is 0 Å². The summed E-state index contributed by atoms with van der Waals surface area (Å²) in [6.45, 7) is 1.30. The molecule has 0 aromatic heterocycles. The van der Waals surface area contributed by atoms with Crippen molar-refractivity contribution in [2.45, 2.75) is 18.9 Å². The number of methoxy groups -OCH3 is 1. The second-order valence-electron chi connectivity index (χ2n) is 4.39. The minimum Gasteiger partial charge on any atom is -0.496 e. The van der Waals surface area contributed by atoms with Crippen molar-refractivity contribution in [3.05, 3.63) is 28.3 Å². The van der Waals surface area contributed by atoms with Crippen molar-refractivity contribution in [1.82, 2.24) is 0 Å². The molecule has 1 atom stereocenters. The number of β-amino-alcohol motifs (C(OH)–C–C–N with tert-alkyl or cyclic N) is 1. The highest BCUT2D eigenvalue weighted by molar-refractivity contribution is 5.58. The first kappa shape index (κ1) is 12.6. The number of aliphatic hydroxyl groups is 1. The van der Waals surface area contributed by atoms with Gasteiger partial charge in [0, 0.05) is 30.9 Å². The van der Waals surface area contributed by atoms with Gasteiger partial charge in [0.05, 0.1) is 24.2 Å². The molecule has 1 N–H and O–H groups in total. The van der Waals surface area contributed by atoms with Crippen molar-refractivity contribution >= 4 is 11.4 Å². The number of piperidine rings is 1. The number of nitro benzene ring substituents is 1. The van der Waals surface area contributed by atoms with Crippen LogP contribution in [0, 0.1) is 10.1 Å². The van der Waals surface area contributed by atoms with Crippen LogP contribution in [-0.2, 0) is 0 Å². The molecule has 6 heteroatoms. The van der Waals surface area contributed by atoms with E-state index in [2.05, 4.69) is 0 Å². The zero-order valence-electron chi connectivity index (χ0n) is 10.2. The lowest BCUT2D eigenvalue weighted by Gasteiger charge is -2.31. The molecule has 1 aromatic carbocycles. The van der Waals surface area contributed by atoms with Crippen LogP contribution in [0.2, 0.25) is 0 Å². The van der Waals surface area contributed by atoms with Gasteiger partial charge < -0.3 is 14.7 Å². The number of rotatable bonds is 3. The number of benzene rings is 1. The van der Waals surface area contributed by atoms with E-state index in [1.165, 1.54) is 19.2 Å². The number of nitro groups is 1. The van der Waals surface area contributed by atoms with Crippen molar-refractivity contribution in [3.63, 3.8) is 0 Å². The first-order valence-electron chi connectivity index (χ1n) is 5.86. The van der Waals surface area contributed by atoms with E-state index in [-0.39, 0.29) is 11.8 Å². The molecule has 1 aliphatic heterocycles. The standard InChI is InChI=1S/C12H16N2O4/c1-18-12-6-9(5-10(7-12)14(16)17)13-4-2-3-11(15)8-13/h5-7,11,15H,2-4,8H2,1H3/t11-/m0/s1. The summed E-state index contributed by atoms with van der Waals surface area (Å²) in [7, 11) is 1.48. The normalized spacial score (nSPS) is 19.7. The molecule has 0 saturated carbocycles. The molecular formula is C12H16N2O4. The zero-order valence-corrected chi connectivity index (χ0v) is 10.2. The Morgan fingerprint density at radius 2 is 2.28 bits per heavy atom. The molecule has 98 valence electrons. The number of hydrogen-bond acceptors (Lipinski definition) is 5. The van der Waals surface area contributed by atoms with E-state index in [1.807, 2.05) is 4.90 Å². The van der Waals surface area contributed by atoms with Crippen molar-refractivity contribution in [1.29, 1.82) is 0 Å². The zero-order chi connectivity index (χ0) is 13.1. The summed E-state index contributed by atoms with van der Waals surface area (Å²) in [6, 6.07) is 4.66. The molecule has 1 aromatic rings. The van der Waals surface area contributed by atoms with Gasteiger partial charge in [0.1, 0.15) is 5.75 Å². The average Bonchev–Trinajstić information content (AvgIpc) is 2.38. The quantitative estimate of drug-likeness (QED) is 0.652. The average molecular weight is 252 g/mol. The van der Waals surface area contributed by atoms with Crippen LogP contribution in [0.3, 0.4) is 0 Å². The molecule has 1 fully saturated rings. The van der Waals surface area contributed by atoms with Crippen LogP contribution in [0.5, 0.6) is 5.75 Å². The largest absolute Gasteiger partial charge is 0.496 e. The maximum Gasteiger partial charge on any atom is 0.275 e. The van der Waals surface area contributed by atoms with E-state index in [0.717, 1.165) is 25.1 Å². The topological polar surface area (TPSA) is 75.8 Å².